The predicted octanol–water partition coefficient (Wildman–Crippen LogP) is 7.63. The number of allylic oxidation sites excluding steroid dienone is 2. The molecule has 0 saturated carbocycles. The molecule has 0 N–H and O–H groups in total. The van der Waals surface area contributed by atoms with Crippen molar-refractivity contribution in [1.29, 1.82) is 0 Å². The van der Waals surface area contributed by atoms with E-state index in [9.17, 15) is 0 Å². The molecular formula is C35H44O2P+. The van der Waals surface area contributed by atoms with Crippen molar-refractivity contribution >= 4 is 23.2 Å². The van der Waals surface area contributed by atoms with Gasteiger partial charge in [0.1, 0.15) is 35.4 Å². The molecule has 0 spiro atoms. The van der Waals surface area contributed by atoms with Crippen LogP contribution in [0.3, 0.4) is 0 Å². The van der Waals surface area contributed by atoms with Gasteiger partial charge in [-0.25, -0.2) is 0 Å². The highest BCUT2D eigenvalue weighted by atomic mass is 31.2. The second kappa shape index (κ2) is 14.6. The van der Waals surface area contributed by atoms with E-state index in [1.54, 1.807) is 14.2 Å². The number of methoxy groups -OCH3 is 2. The Kier molecular flexibility index (Phi) is 10.9. The van der Waals surface area contributed by atoms with Gasteiger partial charge in [0.25, 0.3) is 0 Å². The van der Waals surface area contributed by atoms with Crippen molar-refractivity contribution in [2.24, 2.45) is 0 Å². The average Bonchev–Trinajstić information content (AvgIpc) is 2.98. The molecule has 2 unspecified atom stereocenters. The third-order valence-electron chi connectivity index (χ3n) is 7.93. The third-order valence-corrected chi connectivity index (χ3v) is 12.5. The number of rotatable bonds is 14. The predicted molar refractivity (Wildman–Crippen MR) is 166 cm³/mol. The van der Waals surface area contributed by atoms with Crippen LogP contribution in [0.1, 0.15) is 51.9 Å². The van der Waals surface area contributed by atoms with Crippen LogP contribution >= 0.6 is 7.26 Å². The average molecular weight is 528 g/mol. The molecule has 0 amide bonds. The van der Waals surface area contributed by atoms with Crippen LogP contribution in [0.15, 0.2) is 114 Å². The zero-order valence-electron chi connectivity index (χ0n) is 23.4. The molecule has 0 aromatic heterocycles. The lowest BCUT2D eigenvalue weighted by atomic mass is 9.91. The van der Waals surface area contributed by atoms with Gasteiger partial charge in [0.05, 0.1) is 6.16 Å². The van der Waals surface area contributed by atoms with Gasteiger partial charge in [-0.2, -0.15) is 0 Å². The third kappa shape index (κ3) is 6.92. The van der Waals surface area contributed by atoms with E-state index in [0.717, 1.165) is 6.42 Å². The molecule has 2 nitrogen and oxygen atoms in total. The fourth-order valence-corrected chi connectivity index (χ4v) is 10.2. The molecule has 3 heteroatoms. The summed E-state index contributed by atoms with van der Waals surface area (Å²) in [5.41, 5.74) is 2.77. The van der Waals surface area contributed by atoms with Crippen LogP contribution in [0.4, 0.5) is 0 Å². The Morgan fingerprint density at radius 1 is 0.553 bits per heavy atom. The fraction of sp³-hybridized carbons (Fsp3) is 0.371. The first-order valence-corrected chi connectivity index (χ1v) is 16.2. The van der Waals surface area contributed by atoms with Crippen LogP contribution in [0, 0.1) is 0 Å². The number of ether oxygens (including phenoxy) is 2. The van der Waals surface area contributed by atoms with E-state index in [0.29, 0.717) is 0 Å². The molecule has 3 aromatic rings. The molecule has 0 heterocycles. The quantitative estimate of drug-likeness (QED) is 0.159. The monoisotopic (exact) mass is 527 g/mol. The first-order chi connectivity index (χ1) is 18.7. The van der Waals surface area contributed by atoms with Crippen molar-refractivity contribution < 1.29 is 9.47 Å². The molecule has 0 bridgehead atoms. The molecule has 0 saturated heterocycles. The Labute approximate surface area is 231 Å². The minimum atomic E-state index is -1.69. The van der Waals surface area contributed by atoms with Crippen molar-refractivity contribution in [3.63, 3.8) is 0 Å². The van der Waals surface area contributed by atoms with Gasteiger partial charge in [0.15, 0.2) is 0 Å². The number of hydrogen-bond donors (Lipinski definition) is 0. The molecule has 3 aromatic carbocycles. The van der Waals surface area contributed by atoms with Gasteiger partial charge < -0.3 is 9.47 Å². The Morgan fingerprint density at radius 2 is 0.974 bits per heavy atom. The normalized spacial score (nSPS) is 17.7. The van der Waals surface area contributed by atoms with Crippen LogP contribution in [-0.4, -0.2) is 32.6 Å². The lowest BCUT2D eigenvalue weighted by molar-refractivity contribution is 0.0127. The van der Waals surface area contributed by atoms with E-state index < -0.39 is 7.26 Å². The maximum Gasteiger partial charge on any atom is 0.112 e. The van der Waals surface area contributed by atoms with E-state index in [1.807, 2.05) is 0 Å². The maximum absolute atomic E-state index is 5.62. The van der Waals surface area contributed by atoms with Crippen molar-refractivity contribution in [2.45, 2.75) is 64.1 Å². The summed E-state index contributed by atoms with van der Waals surface area (Å²) in [6, 6.07) is 33.8. The molecule has 2 atom stereocenters. The van der Waals surface area contributed by atoms with Gasteiger partial charge in [0, 0.05) is 14.2 Å². The Hall–Kier alpha value is -2.51. The minimum absolute atomic E-state index is 0.0288. The number of benzene rings is 3. The summed E-state index contributed by atoms with van der Waals surface area (Å²) >= 11 is 0. The van der Waals surface area contributed by atoms with E-state index in [2.05, 4.69) is 110 Å². The Morgan fingerprint density at radius 3 is 1.45 bits per heavy atom. The molecule has 0 aliphatic heterocycles. The van der Waals surface area contributed by atoms with Gasteiger partial charge in [-0.1, -0.05) is 73.9 Å². The molecule has 38 heavy (non-hydrogen) atoms. The van der Waals surface area contributed by atoms with Crippen LogP contribution in [0.5, 0.6) is 0 Å². The summed E-state index contributed by atoms with van der Waals surface area (Å²) in [6.07, 6.45) is 14.6. The maximum atomic E-state index is 5.62. The first kappa shape index (κ1) is 28.5. The molecule has 1 aliphatic carbocycles. The molecule has 200 valence electrons. The van der Waals surface area contributed by atoms with Crippen LogP contribution in [0.2, 0.25) is 0 Å². The minimum Gasteiger partial charge on any atom is -0.374 e. The zero-order valence-corrected chi connectivity index (χ0v) is 24.3. The molecule has 0 fully saturated rings. The van der Waals surface area contributed by atoms with Crippen molar-refractivity contribution in [1.82, 2.24) is 0 Å². The van der Waals surface area contributed by atoms with Gasteiger partial charge in [0.2, 0.25) is 0 Å². The van der Waals surface area contributed by atoms with E-state index in [1.165, 1.54) is 71.7 Å². The number of unbranched alkanes of at least 4 members (excludes halogenated alkanes) is 5. The summed E-state index contributed by atoms with van der Waals surface area (Å²) in [7, 11) is 1.83. The van der Waals surface area contributed by atoms with Gasteiger partial charge in [-0.15, -0.1) is 0 Å². The van der Waals surface area contributed by atoms with E-state index >= 15 is 0 Å². The molecule has 0 radical (unpaired) electrons. The highest BCUT2D eigenvalue weighted by Gasteiger charge is 2.44. The summed E-state index contributed by atoms with van der Waals surface area (Å²) in [5.74, 6) is 0. The van der Waals surface area contributed by atoms with E-state index in [4.69, 9.17) is 9.47 Å². The molecular weight excluding hydrogens is 483 g/mol. The fourth-order valence-electron chi connectivity index (χ4n) is 5.81. The first-order valence-electron chi connectivity index (χ1n) is 14.2. The van der Waals surface area contributed by atoms with Gasteiger partial charge in [-0.3, -0.25) is 0 Å². The van der Waals surface area contributed by atoms with Crippen molar-refractivity contribution in [3.8, 4) is 0 Å². The van der Waals surface area contributed by atoms with Crippen molar-refractivity contribution in [3.05, 3.63) is 114 Å². The highest BCUT2D eigenvalue weighted by Crippen LogP contribution is 2.56. The molecule has 4 rings (SSSR count). The number of hydrogen-bond acceptors (Lipinski definition) is 2. The Bertz CT molecular complexity index is 1060. The standard InChI is InChI=1S/C35H44O2P/c1-29-27-34(36-2)35(37-3)28-30(29)19-11-6-4-5-7-18-26-38(31-20-12-8-13-21-31,32-22-14-9-15-23-32)33-24-16-10-17-25-33/h8-10,12-17,20-25,27-28,34-35H,4-7,11,18-19,26H2,1-3H3/q+1. The van der Waals surface area contributed by atoms with Crippen LogP contribution in [0.25, 0.3) is 0 Å². The van der Waals surface area contributed by atoms with Gasteiger partial charge >= 0.3 is 0 Å². The summed E-state index contributed by atoms with van der Waals surface area (Å²) in [5, 5.41) is 4.48. The largest absolute Gasteiger partial charge is 0.374 e. The SMILES string of the molecule is COC1C=C(C)C(CCCCCCCC[P+](c2ccccc2)(c2ccccc2)c2ccccc2)=CC1OC. The van der Waals surface area contributed by atoms with Crippen LogP contribution in [-0.2, 0) is 9.47 Å². The second-order valence-electron chi connectivity index (χ2n) is 10.4. The second-order valence-corrected chi connectivity index (χ2v) is 14.0. The highest BCUT2D eigenvalue weighted by molar-refractivity contribution is 7.95. The van der Waals surface area contributed by atoms with Crippen LogP contribution < -0.4 is 15.9 Å². The summed E-state index contributed by atoms with van der Waals surface area (Å²) in [4.78, 5) is 0. The lowest BCUT2D eigenvalue weighted by Crippen LogP contribution is -2.33. The summed E-state index contributed by atoms with van der Waals surface area (Å²) in [6.45, 7) is 2.20. The summed E-state index contributed by atoms with van der Waals surface area (Å²) < 4.78 is 11.2. The van der Waals surface area contributed by atoms with Crippen molar-refractivity contribution in [2.75, 3.05) is 20.4 Å². The van der Waals surface area contributed by atoms with E-state index in [-0.39, 0.29) is 12.2 Å². The molecule has 1 aliphatic rings. The smallest absolute Gasteiger partial charge is 0.112 e. The Balaban J connectivity index is 1.34. The topological polar surface area (TPSA) is 18.5 Å². The zero-order chi connectivity index (χ0) is 26.6. The lowest BCUT2D eigenvalue weighted by Gasteiger charge is -2.27. The van der Waals surface area contributed by atoms with Gasteiger partial charge in [-0.05, 0) is 92.3 Å².